The van der Waals surface area contributed by atoms with Gasteiger partial charge in [0.1, 0.15) is 0 Å². The zero-order chi connectivity index (χ0) is 12.8. The minimum atomic E-state index is -0.317. The molecule has 3 N–H and O–H groups in total. The minimum absolute atomic E-state index is 0.135. The van der Waals surface area contributed by atoms with Crippen LogP contribution >= 0.6 is 0 Å². The average Bonchev–Trinajstić information content (AvgIpc) is 2.46. The summed E-state index contributed by atoms with van der Waals surface area (Å²) in [5.41, 5.74) is 7.13. The van der Waals surface area contributed by atoms with Gasteiger partial charge in [-0.3, -0.25) is 9.78 Å². The average molecular weight is 243 g/mol. The third-order valence-electron chi connectivity index (χ3n) is 2.32. The van der Waals surface area contributed by atoms with Crippen LogP contribution in [-0.4, -0.2) is 20.9 Å². The Morgan fingerprint density at radius 3 is 2.61 bits per heavy atom. The quantitative estimate of drug-likeness (QED) is 0.803. The summed E-state index contributed by atoms with van der Waals surface area (Å²) in [6.45, 7) is 0.756. The Bertz CT molecular complexity index is 512. The number of amides is 1. The van der Waals surface area contributed by atoms with Crippen LogP contribution < -0.4 is 11.1 Å². The fraction of sp³-hybridized carbons (Fsp3) is 0.167. The summed E-state index contributed by atoms with van der Waals surface area (Å²) in [5, 5.41) is 2.72. The molecular formula is C12H13N5O. The molecule has 0 aliphatic heterocycles. The Morgan fingerprint density at radius 2 is 2.00 bits per heavy atom. The van der Waals surface area contributed by atoms with Crippen molar-refractivity contribution in [3.8, 4) is 0 Å². The van der Waals surface area contributed by atoms with Gasteiger partial charge in [0, 0.05) is 43.4 Å². The van der Waals surface area contributed by atoms with Crippen LogP contribution in [0.15, 0.2) is 36.9 Å². The topological polar surface area (TPSA) is 93.8 Å². The predicted octanol–water partition coefficient (Wildman–Crippen LogP) is 0.260. The number of carbonyl (C=O) groups is 1. The molecule has 0 atom stereocenters. The first-order valence-electron chi connectivity index (χ1n) is 5.47. The summed E-state index contributed by atoms with van der Waals surface area (Å²) in [5.74, 6) is -0.182. The summed E-state index contributed by atoms with van der Waals surface area (Å²) < 4.78 is 0. The van der Waals surface area contributed by atoms with E-state index in [1.54, 1.807) is 24.8 Å². The maximum absolute atomic E-state index is 11.7. The third-order valence-corrected chi connectivity index (χ3v) is 2.32. The van der Waals surface area contributed by atoms with E-state index in [9.17, 15) is 4.79 Å². The molecule has 2 heterocycles. The molecule has 0 spiro atoms. The molecule has 0 aliphatic rings. The number of hydrogen-bond acceptors (Lipinski definition) is 5. The molecule has 2 aromatic rings. The van der Waals surface area contributed by atoms with Gasteiger partial charge in [0.05, 0.1) is 0 Å². The maximum atomic E-state index is 11.7. The highest BCUT2D eigenvalue weighted by molar-refractivity contribution is 5.90. The molecule has 1 amide bonds. The van der Waals surface area contributed by atoms with E-state index in [0.29, 0.717) is 13.1 Å². The zero-order valence-electron chi connectivity index (χ0n) is 9.71. The molecule has 0 radical (unpaired) electrons. The van der Waals surface area contributed by atoms with E-state index >= 15 is 0 Å². The number of nitrogens with zero attached hydrogens (tertiary/aromatic N) is 3. The lowest BCUT2D eigenvalue weighted by Crippen LogP contribution is -2.25. The standard InChI is InChI=1S/C12H13N5O/c13-4-10-7-15-11(16-8-10)12(18)17-6-9-2-1-3-14-5-9/h1-3,5,7-8H,4,6,13H2,(H,17,18). The van der Waals surface area contributed by atoms with Crippen molar-refractivity contribution in [2.24, 2.45) is 5.73 Å². The van der Waals surface area contributed by atoms with E-state index in [1.807, 2.05) is 12.1 Å². The van der Waals surface area contributed by atoms with Crippen LogP contribution in [0.1, 0.15) is 21.7 Å². The second kappa shape index (κ2) is 5.83. The Hall–Kier alpha value is -2.34. The molecule has 0 aliphatic carbocycles. The van der Waals surface area contributed by atoms with Gasteiger partial charge in [-0.15, -0.1) is 0 Å². The highest BCUT2D eigenvalue weighted by atomic mass is 16.2. The molecule has 0 fully saturated rings. The van der Waals surface area contributed by atoms with Crippen LogP contribution in [0.4, 0.5) is 0 Å². The lowest BCUT2D eigenvalue weighted by atomic mass is 10.3. The smallest absolute Gasteiger partial charge is 0.289 e. The zero-order valence-corrected chi connectivity index (χ0v) is 9.71. The van der Waals surface area contributed by atoms with Gasteiger partial charge in [-0.25, -0.2) is 9.97 Å². The first-order valence-corrected chi connectivity index (χ1v) is 5.47. The van der Waals surface area contributed by atoms with E-state index in [4.69, 9.17) is 5.73 Å². The van der Waals surface area contributed by atoms with Crippen molar-refractivity contribution in [2.75, 3.05) is 0 Å². The molecular weight excluding hydrogens is 230 g/mol. The van der Waals surface area contributed by atoms with Crippen molar-refractivity contribution in [1.82, 2.24) is 20.3 Å². The van der Waals surface area contributed by atoms with Crippen molar-refractivity contribution >= 4 is 5.91 Å². The highest BCUT2D eigenvalue weighted by Gasteiger charge is 2.08. The van der Waals surface area contributed by atoms with Crippen LogP contribution in [0.3, 0.4) is 0 Å². The van der Waals surface area contributed by atoms with Crippen molar-refractivity contribution < 1.29 is 4.79 Å². The molecule has 18 heavy (non-hydrogen) atoms. The molecule has 92 valence electrons. The van der Waals surface area contributed by atoms with Gasteiger partial charge in [-0.1, -0.05) is 6.07 Å². The highest BCUT2D eigenvalue weighted by Crippen LogP contribution is 1.97. The fourth-order valence-electron chi connectivity index (χ4n) is 1.34. The number of aromatic nitrogens is 3. The van der Waals surface area contributed by atoms with E-state index < -0.39 is 0 Å². The SMILES string of the molecule is NCc1cnc(C(=O)NCc2cccnc2)nc1. The Labute approximate surface area is 104 Å². The van der Waals surface area contributed by atoms with Crippen LogP contribution in [-0.2, 0) is 13.1 Å². The molecule has 0 saturated heterocycles. The maximum Gasteiger partial charge on any atom is 0.289 e. The predicted molar refractivity (Wildman–Crippen MR) is 65.3 cm³/mol. The third kappa shape index (κ3) is 3.08. The van der Waals surface area contributed by atoms with Gasteiger partial charge in [0.15, 0.2) is 0 Å². The first-order chi connectivity index (χ1) is 8.79. The van der Waals surface area contributed by atoms with Crippen molar-refractivity contribution in [2.45, 2.75) is 13.1 Å². The summed E-state index contributed by atoms with van der Waals surface area (Å²) >= 11 is 0. The Balaban J connectivity index is 1.95. The van der Waals surface area contributed by atoms with Gasteiger partial charge in [0.25, 0.3) is 5.91 Å². The Kier molecular flexibility index (Phi) is 3.93. The second-order valence-corrected chi connectivity index (χ2v) is 3.66. The molecule has 2 rings (SSSR count). The molecule has 6 nitrogen and oxygen atoms in total. The summed E-state index contributed by atoms with van der Waals surface area (Å²) in [4.78, 5) is 23.6. The lowest BCUT2D eigenvalue weighted by Gasteiger charge is -2.04. The van der Waals surface area contributed by atoms with E-state index in [-0.39, 0.29) is 11.7 Å². The van der Waals surface area contributed by atoms with E-state index in [2.05, 4.69) is 20.3 Å². The minimum Gasteiger partial charge on any atom is -0.345 e. The summed E-state index contributed by atoms with van der Waals surface area (Å²) in [6.07, 6.45) is 6.47. The normalized spacial score (nSPS) is 10.1. The van der Waals surface area contributed by atoms with Gasteiger partial charge < -0.3 is 11.1 Å². The molecule has 2 aromatic heterocycles. The van der Waals surface area contributed by atoms with Gasteiger partial charge in [-0.2, -0.15) is 0 Å². The molecule has 0 unspecified atom stereocenters. The largest absolute Gasteiger partial charge is 0.345 e. The number of hydrogen-bond donors (Lipinski definition) is 2. The monoisotopic (exact) mass is 243 g/mol. The first kappa shape index (κ1) is 12.1. The van der Waals surface area contributed by atoms with Gasteiger partial charge >= 0.3 is 0 Å². The molecule has 0 aromatic carbocycles. The van der Waals surface area contributed by atoms with Gasteiger partial charge in [-0.05, 0) is 11.6 Å². The van der Waals surface area contributed by atoms with Crippen molar-refractivity contribution in [3.05, 3.63) is 53.9 Å². The van der Waals surface area contributed by atoms with Gasteiger partial charge in [0.2, 0.25) is 5.82 Å². The van der Waals surface area contributed by atoms with Crippen molar-refractivity contribution in [1.29, 1.82) is 0 Å². The van der Waals surface area contributed by atoms with E-state index in [1.165, 1.54) is 0 Å². The van der Waals surface area contributed by atoms with Crippen LogP contribution in [0.2, 0.25) is 0 Å². The van der Waals surface area contributed by atoms with Crippen LogP contribution in [0, 0.1) is 0 Å². The second-order valence-electron chi connectivity index (χ2n) is 3.66. The molecule has 6 heteroatoms. The lowest BCUT2D eigenvalue weighted by molar-refractivity contribution is 0.0940. The fourth-order valence-corrected chi connectivity index (χ4v) is 1.34. The molecule has 0 saturated carbocycles. The summed E-state index contributed by atoms with van der Waals surface area (Å²) in [6, 6.07) is 3.69. The molecule has 0 bridgehead atoms. The van der Waals surface area contributed by atoms with Crippen LogP contribution in [0.5, 0.6) is 0 Å². The number of pyridine rings is 1. The number of nitrogens with two attached hydrogens (primary N) is 1. The number of rotatable bonds is 4. The van der Waals surface area contributed by atoms with E-state index in [0.717, 1.165) is 11.1 Å². The summed E-state index contributed by atoms with van der Waals surface area (Å²) in [7, 11) is 0. The number of nitrogens with one attached hydrogen (secondary N) is 1. The van der Waals surface area contributed by atoms with Crippen molar-refractivity contribution in [3.63, 3.8) is 0 Å². The Morgan fingerprint density at radius 1 is 1.22 bits per heavy atom. The van der Waals surface area contributed by atoms with Crippen LogP contribution in [0.25, 0.3) is 0 Å². The number of carbonyl (C=O) groups excluding carboxylic acids is 1.